The highest BCUT2D eigenvalue weighted by molar-refractivity contribution is 5.71. The molecule has 1 aliphatic heterocycles. The van der Waals surface area contributed by atoms with Gasteiger partial charge in [0.05, 0.1) is 7.11 Å². The third-order valence-electron chi connectivity index (χ3n) is 5.54. The summed E-state index contributed by atoms with van der Waals surface area (Å²) in [6, 6.07) is 4.82. The maximum Gasteiger partial charge on any atom is 0.343 e. The molecule has 1 saturated heterocycles. The van der Waals surface area contributed by atoms with Crippen LogP contribution in [0.25, 0.3) is 0 Å². The fourth-order valence-corrected chi connectivity index (χ4v) is 3.86. The van der Waals surface area contributed by atoms with Crippen molar-refractivity contribution < 1.29 is 14.3 Å². The summed E-state index contributed by atoms with van der Waals surface area (Å²) in [5.41, 5.74) is 3.32. The highest BCUT2D eigenvalue weighted by Crippen LogP contribution is 2.25. The topological polar surface area (TPSA) is 54.0 Å². The van der Waals surface area contributed by atoms with Gasteiger partial charge in [-0.25, -0.2) is 4.79 Å². The Kier molecular flexibility index (Phi) is 8.73. The van der Waals surface area contributed by atoms with Crippen LogP contribution in [0.4, 0.5) is 0 Å². The van der Waals surface area contributed by atoms with Crippen LogP contribution in [0.1, 0.15) is 30.5 Å². The zero-order valence-electron chi connectivity index (χ0n) is 18.4. The minimum absolute atomic E-state index is 0.0587. The van der Waals surface area contributed by atoms with E-state index in [-0.39, 0.29) is 12.6 Å². The molecular weight excluding hydrogens is 354 g/mol. The van der Waals surface area contributed by atoms with Gasteiger partial charge in [-0.3, -0.25) is 4.90 Å². The Balaban J connectivity index is 1.91. The molecular formula is C22H37N3O3. The van der Waals surface area contributed by atoms with E-state index in [1.807, 2.05) is 13.8 Å². The Bertz CT molecular complexity index is 617. The van der Waals surface area contributed by atoms with Crippen LogP contribution in [0.5, 0.6) is 5.75 Å². The molecule has 1 atom stereocenters. The molecule has 1 heterocycles. The van der Waals surface area contributed by atoms with Gasteiger partial charge in [-0.05, 0) is 43.5 Å². The fourth-order valence-electron chi connectivity index (χ4n) is 3.86. The van der Waals surface area contributed by atoms with Crippen molar-refractivity contribution in [2.45, 2.75) is 40.3 Å². The number of carbonyl (C=O) groups excluding carboxylic acids is 1. The first kappa shape index (κ1) is 22.7. The molecule has 1 aliphatic rings. The van der Waals surface area contributed by atoms with Gasteiger partial charge in [-0.1, -0.05) is 26.0 Å². The number of piperazine rings is 1. The first-order valence-corrected chi connectivity index (χ1v) is 10.2. The first-order valence-electron chi connectivity index (χ1n) is 10.2. The second-order valence-corrected chi connectivity index (χ2v) is 8.21. The van der Waals surface area contributed by atoms with Crippen molar-refractivity contribution in [2.75, 3.05) is 53.5 Å². The van der Waals surface area contributed by atoms with Crippen molar-refractivity contribution in [2.24, 2.45) is 5.92 Å². The van der Waals surface area contributed by atoms with Crippen molar-refractivity contribution in [1.29, 1.82) is 0 Å². The number of ether oxygens (including phenoxy) is 2. The number of rotatable bonds is 9. The lowest BCUT2D eigenvalue weighted by Gasteiger charge is -2.40. The second-order valence-electron chi connectivity index (χ2n) is 8.21. The lowest BCUT2D eigenvalue weighted by atomic mass is 10.0. The first-order chi connectivity index (χ1) is 13.3. The van der Waals surface area contributed by atoms with E-state index in [0.29, 0.717) is 12.0 Å². The number of methoxy groups -OCH3 is 1. The number of benzene rings is 1. The number of likely N-dealkylation sites (N-methyl/N-ethyl adjacent to an activating group) is 1. The summed E-state index contributed by atoms with van der Waals surface area (Å²) in [7, 11) is 3.57. The molecule has 1 aromatic carbocycles. The van der Waals surface area contributed by atoms with Crippen molar-refractivity contribution in [1.82, 2.24) is 15.1 Å². The maximum atomic E-state index is 11.3. The van der Waals surface area contributed by atoms with E-state index < -0.39 is 0 Å². The van der Waals surface area contributed by atoms with Gasteiger partial charge in [0.2, 0.25) is 0 Å². The Hall–Kier alpha value is -1.63. The molecule has 1 aromatic rings. The molecule has 0 aliphatic carbocycles. The van der Waals surface area contributed by atoms with E-state index in [0.717, 1.165) is 56.1 Å². The lowest BCUT2D eigenvalue weighted by molar-refractivity contribution is -0.142. The summed E-state index contributed by atoms with van der Waals surface area (Å²) in [6.45, 7) is 15.0. The number of carbonyl (C=O) groups is 1. The summed E-state index contributed by atoms with van der Waals surface area (Å²) in [4.78, 5) is 16.3. The molecule has 0 spiro atoms. The van der Waals surface area contributed by atoms with E-state index in [1.165, 1.54) is 12.7 Å². The second kappa shape index (κ2) is 10.8. The quantitative estimate of drug-likeness (QED) is 0.652. The molecule has 158 valence electrons. The molecule has 2 rings (SSSR count). The van der Waals surface area contributed by atoms with Crippen LogP contribution in [-0.4, -0.2) is 75.3 Å². The van der Waals surface area contributed by atoms with Gasteiger partial charge in [0.15, 0.2) is 6.61 Å². The van der Waals surface area contributed by atoms with Crippen LogP contribution in [0.15, 0.2) is 12.1 Å². The molecule has 0 radical (unpaired) electrons. The van der Waals surface area contributed by atoms with Crippen LogP contribution >= 0.6 is 0 Å². The Morgan fingerprint density at radius 2 is 1.75 bits per heavy atom. The average molecular weight is 392 g/mol. The van der Waals surface area contributed by atoms with Crippen molar-refractivity contribution in [3.8, 4) is 5.75 Å². The molecule has 0 amide bonds. The van der Waals surface area contributed by atoms with Crippen LogP contribution in [0, 0.1) is 19.8 Å². The van der Waals surface area contributed by atoms with Crippen LogP contribution < -0.4 is 10.1 Å². The van der Waals surface area contributed by atoms with Gasteiger partial charge in [-0.15, -0.1) is 0 Å². The summed E-state index contributed by atoms with van der Waals surface area (Å²) in [5.74, 6) is 1.02. The molecule has 0 aromatic heterocycles. The van der Waals surface area contributed by atoms with Gasteiger partial charge in [-0.2, -0.15) is 0 Å². The smallest absolute Gasteiger partial charge is 0.343 e. The summed E-state index contributed by atoms with van der Waals surface area (Å²) in [5, 5.41) is 3.65. The SMILES string of the molecule is COC(=O)COc1c(C)cc(CNCC(C(C)C)N2CCN(C)CC2)cc1C. The molecule has 6 nitrogen and oxygen atoms in total. The number of nitrogens with zero attached hydrogens (tertiary/aromatic N) is 2. The van der Waals surface area contributed by atoms with Crippen molar-refractivity contribution >= 4 is 5.97 Å². The predicted octanol–water partition coefficient (Wildman–Crippen LogP) is 2.22. The zero-order chi connectivity index (χ0) is 20.7. The zero-order valence-corrected chi connectivity index (χ0v) is 18.4. The fraction of sp³-hybridized carbons (Fsp3) is 0.682. The third-order valence-corrected chi connectivity index (χ3v) is 5.54. The summed E-state index contributed by atoms with van der Waals surface area (Å²) >= 11 is 0. The Morgan fingerprint density at radius 3 is 2.29 bits per heavy atom. The van der Waals surface area contributed by atoms with Crippen LogP contribution in [0.2, 0.25) is 0 Å². The van der Waals surface area contributed by atoms with E-state index in [1.54, 1.807) is 0 Å². The van der Waals surface area contributed by atoms with Crippen molar-refractivity contribution in [3.05, 3.63) is 28.8 Å². The number of aryl methyl sites for hydroxylation is 2. The third kappa shape index (κ3) is 6.47. The Labute approximate surface area is 170 Å². The minimum Gasteiger partial charge on any atom is -0.481 e. The molecule has 0 saturated carbocycles. The van der Waals surface area contributed by atoms with E-state index in [4.69, 9.17) is 4.74 Å². The number of nitrogens with one attached hydrogen (secondary N) is 1. The predicted molar refractivity (Wildman–Crippen MR) is 113 cm³/mol. The Morgan fingerprint density at radius 1 is 1.14 bits per heavy atom. The van der Waals surface area contributed by atoms with Gasteiger partial charge >= 0.3 is 5.97 Å². The van der Waals surface area contributed by atoms with Crippen LogP contribution in [0.3, 0.4) is 0 Å². The molecule has 6 heteroatoms. The van der Waals surface area contributed by atoms with Crippen molar-refractivity contribution in [3.63, 3.8) is 0 Å². The van der Waals surface area contributed by atoms with Gasteiger partial charge in [0.25, 0.3) is 0 Å². The average Bonchev–Trinajstić information content (AvgIpc) is 2.65. The largest absolute Gasteiger partial charge is 0.481 e. The van der Waals surface area contributed by atoms with E-state index in [2.05, 4.69) is 52.9 Å². The number of hydrogen-bond donors (Lipinski definition) is 1. The molecule has 28 heavy (non-hydrogen) atoms. The molecule has 1 fully saturated rings. The van der Waals surface area contributed by atoms with Gasteiger partial charge in [0, 0.05) is 45.3 Å². The van der Waals surface area contributed by atoms with E-state index in [9.17, 15) is 4.79 Å². The maximum absolute atomic E-state index is 11.3. The van der Waals surface area contributed by atoms with Gasteiger partial charge < -0.3 is 19.7 Å². The normalized spacial score (nSPS) is 17.0. The number of hydrogen-bond acceptors (Lipinski definition) is 6. The highest BCUT2D eigenvalue weighted by atomic mass is 16.6. The lowest BCUT2D eigenvalue weighted by Crippen LogP contribution is -2.53. The summed E-state index contributed by atoms with van der Waals surface area (Å²) in [6.07, 6.45) is 0. The molecule has 1 unspecified atom stereocenters. The minimum atomic E-state index is -0.367. The highest BCUT2D eigenvalue weighted by Gasteiger charge is 2.24. The molecule has 0 bridgehead atoms. The van der Waals surface area contributed by atoms with E-state index >= 15 is 0 Å². The van der Waals surface area contributed by atoms with Crippen LogP contribution in [-0.2, 0) is 16.1 Å². The molecule has 1 N–H and O–H groups in total. The summed E-state index contributed by atoms with van der Waals surface area (Å²) < 4.78 is 10.3. The van der Waals surface area contributed by atoms with Gasteiger partial charge in [0.1, 0.15) is 5.75 Å². The standard InChI is InChI=1S/C22H37N3O3/c1-16(2)20(25-9-7-24(5)8-10-25)14-23-13-19-11-17(3)22(18(4)12-19)28-15-21(26)27-6/h11-12,16,20,23H,7-10,13-15H2,1-6H3. The number of esters is 1. The monoisotopic (exact) mass is 391 g/mol.